The maximum atomic E-state index is 12.0. The highest BCUT2D eigenvalue weighted by Crippen LogP contribution is 2.24. The Bertz CT molecular complexity index is 466. The number of aliphatic hydroxyl groups excluding tert-OH is 1. The number of amides is 1. The summed E-state index contributed by atoms with van der Waals surface area (Å²) in [6, 6.07) is 7.92. The van der Waals surface area contributed by atoms with E-state index in [1.165, 1.54) is 5.56 Å². The zero-order valence-corrected chi connectivity index (χ0v) is 14.3. The second-order valence-corrected chi connectivity index (χ2v) is 7.38. The van der Waals surface area contributed by atoms with Crippen molar-refractivity contribution in [2.45, 2.75) is 44.0 Å². The lowest BCUT2D eigenvalue weighted by Crippen LogP contribution is -2.35. The molecule has 1 fully saturated rings. The minimum atomic E-state index is -0.292. The van der Waals surface area contributed by atoms with E-state index in [2.05, 4.69) is 5.32 Å². The SMILES string of the molecule is O=C(NCCCSCc1ccc(Cl)cc1)[C@H]1CCC[C@H](O)C1. The van der Waals surface area contributed by atoms with Crippen LogP contribution in [-0.2, 0) is 10.5 Å². The molecule has 0 spiro atoms. The van der Waals surface area contributed by atoms with Gasteiger partial charge < -0.3 is 10.4 Å². The Labute approximate surface area is 141 Å². The van der Waals surface area contributed by atoms with Crippen LogP contribution in [0.2, 0.25) is 5.02 Å². The third-order valence-electron chi connectivity index (χ3n) is 3.96. The largest absolute Gasteiger partial charge is 0.393 e. The van der Waals surface area contributed by atoms with E-state index >= 15 is 0 Å². The normalized spacial score (nSPS) is 21.5. The zero-order valence-electron chi connectivity index (χ0n) is 12.8. The van der Waals surface area contributed by atoms with Crippen LogP contribution in [0.15, 0.2) is 24.3 Å². The van der Waals surface area contributed by atoms with Gasteiger partial charge in [0.2, 0.25) is 5.91 Å². The Hall–Kier alpha value is -0.710. The monoisotopic (exact) mass is 341 g/mol. The van der Waals surface area contributed by atoms with Crippen molar-refractivity contribution in [1.29, 1.82) is 0 Å². The number of aliphatic hydroxyl groups is 1. The van der Waals surface area contributed by atoms with Gasteiger partial charge in [-0.1, -0.05) is 30.2 Å². The Morgan fingerprint density at radius 1 is 1.32 bits per heavy atom. The van der Waals surface area contributed by atoms with E-state index in [0.717, 1.165) is 48.8 Å². The van der Waals surface area contributed by atoms with Crippen molar-refractivity contribution in [3.63, 3.8) is 0 Å². The van der Waals surface area contributed by atoms with Gasteiger partial charge >= 0.3 is 0 Å². The lowest BCUT2D eigenvalue weighted by Gasteiger charge is -2.24. The van der Waals surface area contributed by atoms with E-state index in [4.69, 9.17) is 11.6 Å². The van der Waals surface area contributed by atoms with Gasteiger partial charge in [-0.25, -0.2) is 0 Å². The standard InChI is InChI=1S/C17H24ClNO2S/c18-15-7-5-13(6-8-15)12-22-10-2-9-19-17(21)14-3-1-4-16(20)11-14/h5-8,14,16,20H,1-4,9-12H2,(H,19,21)/t14-,16-/m0/s1. The average Bonchev–Trinajstić information content (AvgIpc) is 2.52. The summed E-state index contributed by atoms with van der Waals surface area (Å²) < 4.78 is 0. The predicted octanol–water partition coefficient (Wildman–Crippen LogP) is 3.63. The van der Waals surface area contributed by atoms with Crippen LogP contribution >= 0.6 is 23.4 Å². The van der Waals surface area contributed by atoms with Gasteiger partial charge in [0.1, 0.15) is 0 Å². The van der Waals surface area contributed by atoms with E-state index in [-0.39, 0.29) is 17.9 Å². The highest BCUT2D eigenvalue weighted by molar-refractivity contribution is 7.98. The number of nitrogens with one attached hydrogen (secondary N) is 1. The zero-order chi connectivity index (χ0) is 15.8. The Morgan fingerprint density at radius 2 is 2.09 bits per heavy atom. The maximum absolute atomic E-state index is 12.0. The van der Waals surface area contributed by atoms with Crippen molar-refractivity contribution >= 4 is 29.3 Å². The second kappa shape index (κ2) is 9.43. The number of carbonyl (C=O) groups excluding carboxylic acids is 1. The summed E-state index contributed by atoms with van der Waals surface area (Å²) >= 11 is 7.72. The molecule has 1 aliphatic rings. The van der Waals surface area contributed by atoms with Crippen molar-refractivity contribution in [3.05, 3.63) is 34.9 Å². The van der Waals surface area contributed by atoms with Gasteiger partial charge in [0.15, 0.2) is 0 Å². The molecule has 0 unspecified atom stereocenters. The van der Waals surface area contributed by atoms with Crippen LogP contribution in [0.25, 0.3) is 0 Å². The van der Waals surface area contributed by atoms with Gasteiger partial charge in [-0.2, -0.15) is 11.8 Å². The van der Waals surface area contributed by atoms with Crippen LogP contribution in [0.5, 0.6) is 0 Å². The molecule has 5 heteroatoms. The molecule has 1 saturated carbocycles. The van der Waals surface area contributed by atoms with E-state index in [0.29, 0.717) is 6.42 Å². The van der Waals surface area contributed by atoms with Crippen LogP contribution in [0, 0.1) is 5.92 Å². The van der Waals surface area contributed by atoms with Crippen molar-refractivity contribution in [1.82, 2.24) is 5.32 Å². The molecule has 0 heterocycles. The van der Waals surface area contributed by atoms with Crippen molar-refractivity contribution in [2.24, 2.45) is 5.92 Å². The molecule has 2 rings (SSSR count). The highest BCUT2D eigenvalue weighted by atomic mass is 35.5. The lowest BCUT2D eigenvalue weighted by atomic mass is 9.87. The van der Waals surface area contributed by atoms with Gasteiger partial charge in [0.05, 0.1) is 6.10 Å². The molecule has 2 atom stereocenters. The lowest BCUT2D eigenvalue weighted by molar-refractivity contribution is -0.127. The fraction of sp³-hybridized carbons (Fsp3) is 0.588. The number of thioether (sulfide) groups is 1. The molecular weight excluding hydrogens is 318 g/mol. The average molecular weight is 342 g/mol. The molecule has 2 N–H and O–H groups in total. The molecule has 1 aromatic carbocycles. The van der Waals surface area contributed by atoms with Crippen molar-refractivity contribution in [3.8, 4) is 0 Å². The van der Waals surface area contributed by atoms with E-state index in [1.807, 2.05) is 36.0 Å². The number of halogens is 1. The minimum Gasteiger partial charge on any atom is -0.393 e. The van der Waals surface area contributed by atoms with Gasteiger partial charge in [-0.3, -0.25) is 4.79 Å². The number of hydrogen-bond donors (Lipinski definition) is 2. The Kier molecular flexibility index (Phi) is 7.56. The molecule has 0 aliphatic heterocycles. The summed E-state index contributed by atoms with van der Waals surface area (Å²) in [5, 5.41) is 13.4. The summed E-state index contributed by atoms with van der Waals surface area (Å²) in [6.45, 7) is 0.721. The first-order valence-corrected chi connectivity index (χ1v) is 9.46. The summed E-state index contributed by atoms with van der Waals surface area (Å²) in [7, 11) is 0. The molecule has 122 valence electrons. The predicted molar refractivity (Wildman–Crippen MR) is 93.2 cm³/mol. The molecule has 1 amide bonds. The number of hydrogen-bond acceptors (Lipinski definition) is 3. The van der Waals surface area contributed by atoms with Crippen LogP contribution < -0.4 is 5.32 Å². The van der Waals surface area contributed by atoms with E-state index < -0.39 is 0 Å². The second-order valence-electron chi connectivity index (χ2n) is 5.84. The molecule has 0 saturated heterocycles. The summed E-state index contributed by atoms with van der Waals surface area (Å²) in [5.74, 6) is 2.11. The molecule has 0 radical (unpaired) electrons. The van der Waals surface area contributed by atoms with Crippen LogP contribution in [0.3, 0.4) is 0 Å². The van der Waals surface area contributed by atoms with Crippen LogP contribution in [0.1, 0.15) is 37.7 Å². The number of benzene rings is 1. The van der Waals surface area contributed by atoms with E-state index in [1.54, 1.807) is 0 Å². The van der Waals surface area contributed by atoms with Gasteiger partial charge in [0.25, 0.3) is 0 Å². The number of carbonyl (C=O) groups is 1. The smallest absolute Gasteiger partial charge is 0.223 e. The summed E-state index contributed by atoms with van der Waals surface area (Å²) in [5.41, 5.74) is 1.27. The summed E-state index contributed by atoms with van der Waals surface area (Å²) in [4.78, 5) is 12.0. The first kappa shape index (κ1) is 17.6. The van der Waals surface area contributed by atoms with Crippen LogP contribution in [0.4, 0.5) is 0 Å². The minimum absolute atomic E-state index is 0.00507. The van der Waals surface area contributed by atoms with Crippen molar-refractivity contribution in [2.75, 3.05) is 12.3 Å². The first-order valence-electron chi connectivity index (χ1n) is 7.93. The topological polar surface area (TPSA) is 49.3 Å². The molecule has 1 aromatic rings. The first-order chi connectivity index (χ1) is 10.6. The molecular formula is C17H24ClNO2S. The molecule has 0 aromatic heterocycles. The number of rotatable bonds is 7. The van der Waals surface area contributed by atoms with Gasteiger partial charge in [0, 0.05) is 23.2 Å². The van der Waals surface area contributed by atoms with Crippen molar-refractivity contribution < 1.29 is 9.90 Å². The molecule has 22 heavy (non-hydrogen) atoms. The maximum Gasteiger partial charge on any atom is 0.223 e. The highest BCUT2D eigenvalue weighted by Gasteiger charge is 2.25. The third kappa shape index (κ3) is 6.19. The molecule has 3 nitrogen and oxygen atoms in total. The Morgan fingerprint density at radius 3 is 2.82 bits per heavy atom. The fourth-order valence-electron chi connectivity index (χ4n) is 2.70. The molecule has 1 aliphatic carbocycles. The third-order valence-corrected chi connectivity index (χ3v) is 5.33. The van der Waals surface area contributed by atoms with E-state index in [9.17, 15) is 9.90 Å². The van der Waals surface area contributed by atoms with Gasteiger partial charge in [-0.15, -0.1) is 0 Å². The summed E-state index contributed by atoms with van der Waals surface area (Å²) in [6.07, 6.45) is 4.01. The molecule has 0 bridgehead atoms. The van der Waals surface area contributed by atoms with Gasteiger partial charge in [-0.05, 0) is 49.1 Å². The quantitative estimate of drug-likeness (QED) is 0.744. The van der Waals surface area contributed by atoms with Crippen LogP contribution in [-0.4, -0.2) is 29.4 Å². The Balaban J connectivity index is 1.53. The fourth-order valence-corrected chi connectivity index (χ4v) is 3.75.